The summed E-state index contributed by atoms with van der Waals surface area (Å²) >= 11 is 5.93. The van der Waals surface area contributed by atoms with Gasteiger partial charge in [0.25, 0.3) is 10.0 Å². The molecule has 0 heterocycles. The van der Waals surface area contributed by atoms with E-state index < -0.39 is 10.0 Å². The van der Waals surface area contributed by atoms with Crippen LogP contribution < -0.4 is 4.72 Å². The Morgan fingerprint density at radius 2 is 1.77 bits per heavy atom. The summed E-state index contributed by atoms with van der Waals surface area (Å²) in [5.41, 5.74) is 2.51. The molecule has 2 aromatic rings. The molecule has 0 aliphatic carbocycles. The summed E-state index contributed by atoms with van der Waals surface area (Å²) in [4.78, 5) is 0.212. The van der Waals surface area contributed by atoms with Gasteiger partial charge in [0.2, 0.25) is 0 Å². The summed E-state index contributed by atoms with van der Waals surface area (Å²) in [6.45, 7) is 3.93. The molecule has 0 spiro atoms. The maximum atomic E-state index is 12.4. The smallest absolute Gasteiger partial charge is 0.261 e. The highest BCUT2D eigenvalue weighted by Gasteiger charge is 2.15. The van der Waals surface area contributed by atoms with Crippen molar-refractivity contribution in [3.05, 3.63) is 58.6 Å². The molecule has 0 bridgehead atoms. The summed E-state index contributed by atoms with van der Waals surface area (Å²) in [5, 5.41) is 0.555. The molecule has 0 saturated carbocycles. The van der Waals surface area contributed by atoms with Crippen LogP contribution >= 0.6 is 11.6 Å². The zero-order valence-electron chi connectivity index (χ0n) is 12.8. The molecular formula is C17H20ClNO2S. The number of anilines is 1. The van der Waals surface area contributed by atoms with Gasteiger partial charge in [0.05, 0.1) is 4.90 Å². The summed E-state index contributed by atoms with van der Waals surface area (Å²) in [5.74, 6) is 0. The maximum Gasteiger partial charge on any atom is 0.261 e. The highest BCUT2D eigenvalue weighted by Crippen LogP contribution is 2.22. The van der Waals surface area contributed by atoms with Gasteiger partial charge in [-0.1, -0.05) is 37.1 Å². The largest absolute Gasteiger partial charge is 0.280 e. The van der Waals surface area contributed by atoms with Gasteiger partial charge in [-0.05, 0) is 61.2 Å². The molecule has 0 radical (unpaired) electrons. The third-order valence-electron chi connectivity index (χ3n) is 3.46. The van der Waals surface area contributed by atoms with E-state index in [1.54, 1.807) is 31.2 Å². The lowest BCUT2D eigenvalue weighted by Gasteiger charge is -2.10. The molecule has 2 rings (SSSR count). The lowest BCUT2D eigenvalue weighted by atomic mass is 10.1. The molecule has 3 nitrogen and oxygen atoms in total. The van der Waals surface area contributed by atoms with Gasteiger partial charge >= 0.3 is 0 Å². The fourth-order valence-corrected chi connectivity index (χ4v) is 3.38. The molecule has 0 unspecified atom stereocenters. The number of sulfonamides is 1. The summed E-state index contributed by atoms with van der Waals surface area (Å²) < 4.78 is 27.3. The second-order valence-electron chi connectivity index (χ2n) is 5.32. The molecule has 5 heteroatoms. The second kappa shape index (κ2) is 7.16. The van der Waals surface area contributed by atoms with Crippen molar-refractivity contribution in [1.29, 1.82) is 0 Å². The van der Waals surface area contributed by atoms with Crippen molar-refractivity contribution in [2.75, 3.05) is 4.72 Å². The molecule has 22 heavy (non-hydrogen) atoms. The fourth-order valence-electron chi connectivity index (χ4n) is 2.12. The third kappa shape index (κ3) is 4.24. The predicted octanol–water partition coefficient (Wildman–Crippen LogP) is 4.79. The van der Waals surface area contributed by atoms with E-state index in [9.17, 15) is 8.42 Å². The van der Waals surface area contributed by atoms with Crippen LogP contribution in [0.5, 0.6) is 0 Å². The van der Waals surface area contributed by atoms with Gasteiger partial charge in [-0.3, -0.25) is 4.72 Å². The lowest BCUT2D eigenvalue weighted by Crippen LogP contribution is -2.13. The minimum absolute atomic E-state index is 0.212. The average molecular weight is 338 g/mol. The van der Waals surface area contributed by atoms with Gasteiger partial charge < -0.3 is 0 Å². The van der Waals surface area contributed by atoms with Crippen molar-refractivity contribution >= 4 is 27.3 Å². The zero-order valence-corrected chi connectivity index (χ0v) is 14.3. The Hall–Kier alpha value is -1.52. The van der Waals surface area contributed by atoms with Crippen LogP contribution in [0.1, 0.15) is 30.9 Å². The van der Waals surface area contributed by atoms with Gasteiger partial charge in [0, 0.05) is 10.7 Å². The van der Waals surface area contributed by atoms with Crippen LogP contribution in [0.25, 0.3) is 0 Å². The molecule has 0 atom stereocenters. The van der Waals surface area contributed by atoms with Crippen LogP contribution in [-0.2, 0) is 16.4 Å². The van der Waals surface area contributed by atoms with Gasteiger partial charge in [-0.2, -0.15) is 0 Å². The summed E-state index contributed by atoms with van der Waals surface area (Å²) in [6, 6.07) is 12.2. The number of unbranched alkanes of at least 4 members (excludes halogenated alkanes) is 1. The lowest BCUT2D eigenvalue weighted by molar-refractivity contribution is 0.601. The summed E-state index contributed by atoms with van der Waals surface area (Å²) in [6.07, 6.45) is 3.29. The fraction of sp³-hybridized carbons (Fsp3) is 0.294. The molecule has 0 fully saturated rings. The Labute approximate surface area is 137 Å². The molecule has 0 aliphatic rings. The van der Waals surface area contributed by atoms with Crippen molar-refractivity contribution in [1.82, 2.24) is 0 Å². The van der Waals surface area contributed by atoms with Crippen molar-refractivity contribution < 1.29 is 8.42 Å². The Morgan fingerprint density at radius 3 is 2.36 bits per heavy atom. The molecule has 1 N–H and O–H groups in total. The SMILES string of the molecule is CCCCc1ccc(NS(=O)(=O)c2ccc(Cl)c(C)c2)cc1. The normalized spacial score (nSPS) is 11.4. The molecule has 118 valence electrons. The monoisotopic (exact) mass is 337 g/mol. The number of nitrogens with one attached hydrogen (secondary N) is 1. The first kappa shape index (κ1) is 16.8. The quantitative estimate of drug-likeness (QED) is 0.823. The third-order valence-corrected chi connectivity index (χ3v) is 5.27. The van der Waals surface area contributed by atoms with Crippen LogP contribution in [0.3, 0.4) is 0 Å². The van der Waals surface area contributed by atoms with Crippen LogP contribution in [0.2, 0.25) is 5.02 Å². The maximum absolute atomic E-state index is 12.4. The molecule has 0 amide bonds. The van der Waals surface area contributed by atoms with E-state index in [0.717, 1.165) is 24.8 Å². The number of benzene rings is 2. The molecule has 0 saturated heterocycles. The number of hydrogen-bond acceptors (Lipinski definition) is 2. The van der Waals surface area contributed by atoms with E-state index >= 15 is 0 Å². The Kier molecular flexibility index (Phi) is 5.48. The highest BCUT2D eigenvalue weighted by atomic mass is 35.5. The van der Waals surface area contributed by atoms with E-state index in [1.165, 1.54) is 11.6 Å². The highest BCUT2D eigenvalue weighted by molar-refractivity contribution is 7.92. The minimum atomic E-state index is -3.59. The molecule has 0 aliphatic heterocycles. The van der Waals surface area contributed by atoms with Crippen LogP contribution in [0, 0.1) is 6.92 Å². The Bertz CT molecular complexity index is 740. The summed E-state index contributed by atoms with van der Waals surface area (Å²) in [7, 11) is -3.59. The first-order valence-corrected chi connectivity index (χ1v) is 9.16. The standard InChI is InChI=1S/C17H20ClNO2S/c1-3-4-5-14-6-8-15(9-7-14)19-22(20,21)16-10-11-17(18)13(2)12-16/h6-12,19H,3-5H2,1-2H3. The molecule has 0 aromatic heterocycles. The topological polar surface area (TPSA) is 46.2 Å². The van der Waals surface area contributed by atoms with Crippen molar-refractivity contribution in [2.45, 2.75) is 38.0 Å². The molecular weight excluding hydrogens is 318 g/mol. The van der Waals surface area contributed by atoms with Gasteiger partial charge in [0.15, 0.2) is 0 Å². The Morgan fingerprint density at radius 1 is 1.09 bits per heavy atom. The first-order valence-electron chi connectivity index (χ1n) is 7.30. The van der Waals surface area contributed by atoms with Gasteiger partial charge in [-0.25, -0.2) is 8.42 Å². The van der Waals surface area contributed by atoms with Crippen molar-refractivity contribution in [2.24, 2.45) is 0 Å². The van der Waals surface area contributed by atoms with E-state index in [4.69, 9.17) is 11.6 Å². The molecule has 2 aromatic carbocycles. The van der Waals surface area contributed by atoms with Crippen molar-refractivity contribution in [3.8, 4) is 0 Å². The minimum Gasteiger partial charge on any atom is -0.280 e. The zero-order chi connectivity index (χ0) is 16.2. The van der Waals surface area contributed by atoms with Crippen LogP contribution in [-0.4, -0.2) is 8.42 Å². The average Bonchev–Trinajstić information content (AvgIpc) is 2.49. The van der Waals surface area contributed by atoms with E-state index in [0.29, 0.717) is 10.7 Å². The number of hydrogen-bond donors (Lipinski definition) is 1. The predicted molar refractivity (Wildman–Crippen MR) is 92.1 cm³/mol. The van der Waals surface area contributed by atoms with E-state index in [-0.39, 0.29) is 4.90 Å². The van der Waals surface area contributed by atoms with Crippen LogP contribution in [0.15, 0.2) is 47.4 Å². The van der Waals surface area contributed by atoms with E-state index in [2.05, 4.69) is 11.6 Å². The second-order valence-corrected chi connectivity index (χ2v) is 7.41. The van der Waals surface area contributed by atoms with E-state index in [1.807, 2.05) is 12.1 Å². The Balaban J connectivity index is 2.16. The van der Waals surface area contributed by atoms with Crippen molar-refractivity contribution in [3.63, 3.8) is 0 Å². The van der Waals surface area contributed by atoms with Crippen LogP contribution in [0.4, 0.5) is 5.69 Å². The number of halogens is 1. The van der Waals surface area contributed by atoms with Gasteiger partial charge in [-0.15, -0.1) is 0 Å². The number of aryl methyl sites for hydroxylation is 2. The van der Waals surface area contributed by atoms with Gasteiger partial charge in [0.1, 0.15) is 0 Å². The first-order chi connectivity index (χ1) is 10.4. The number of rotatable bonds is 6.